The lowest BCUT2D eigenvalue weighted by Crippen LogP contribution is -2.48. The first-order chi connectivity index (χ1) is 14.5. The summed E-state index contributed by atoms with van der Waals surface area (Å²) in [6, 6.07) is 16.0. The maximum atomic E-state index is 12.6. The van der Waals surface area contributed by atoms with Gasteiger partial charge in [-0.05, 0) is 49.6 Å². The highest BCUT2D eigenvalue weighted by Crippen LogP contribution is 2.19. The number of rotatable bonds is 11. The van der Waals surface area contributed by atoms with E-state index >= 15 is 0 Å². The average molecular weight is 408 g/mol. The predicted molar refractivity (Wildman–Crippen MR) is 114 cm³/mol. The average Bonchev–Trinajstić information content (AvgIpc) is 3.57. The summed E-state index contributed by atoms with van der Waals surface area (Å²) in [5, 5.41) is 5.76. The third-order valence-corrected chi connectivity index (χ3v) is 4.92. The Morgan fingerprint density at radius 1 is 1.00 bits per heavy atom. The molecule has 1 saturated carbocycles. The van der Waals surface area contributed by atoms with Crippen molar-refractivity contribution in [3.63, 3.8) is 0 Å². The van der Waals surface area contributed by atoms with Gasteiger partial charge >= 0.3 is 0 Å². The molecule has 6 nitrogen and oxygen atoms in total. The van der Waals surface area contributed by atoms with E-state index in [1.807, 2.05) is 37.3 Å². The molecular formula is C24H28N2O4. The van der Waals surface area contributed by atoms with Crippen molar-refractivity contribution in [3.8, 4) is 5.75 Å². The number of amides is 2. The lowest BCUT2D eigenvalue weighted by Gasteiger charge is -2.18. The van der Waals surface area contributed by atoms with Crippen molar-refractivity contribution < 1.29 is 19.1 Å². The van der Waals surface area contributed by atoms with Crippen molar-refractivity contribution in [1.82, 2.24) is 10.6 Å². The van der Waals surface area contributed by atoms with E-state index in [1.165, 1.54) is 0 Å². The highest BCUT2D eigenvalue weighted by atomic mass is 16.5. The molecule has 158 valence electrons. The van der Waals surface area contributed by atoms with Crippen LogP contribution in [0.15, 0.2) is 54.6 Å². The van der Waals surface area contributed by atoms with Crippen LogP contribution in [0.1, 0.15) is 48.5 Å². The molecule has 3 rings (SSSR count). The fourth-order valence-corrected chi connectivity index (χ4v) is 3.13. The normalized spacial score (nSPS) is 13.9. The molecule has 2 aromatic carbocycles. The summed E-state index contributed by atoms with van der Waals surface area (Å²) in [4.78, 5) is 37.4. The molecule has 1 fully saturated rings. The lowest BCUT2D eigenvalue weighted by atomic mass is 10.0. The molecule has 0 bridgehead atoms. The fourth-order valence-electron chi connectivity index (χ4n) is 3.13. The maximum Gasteiger partial charge on any atom is 0.243 e. The first-order valence-electron chi connectivity index (χ1n) is 10.4. The SMILES string of the molecule is CCOc1ccc(C(=O)CCC(=O)NC(Cc2ccccc2)C(=O)NC2CC2)cc1. The Labute approximate surface area is 177 Å². The maximum absolute atomic E-state index is 12.6. The first kappa shape index (κ1) is 21.6. The summed E-state index contributed by atoms with van der Waals surface area (Å²) < 4.78 is 5.37. The molecule has 6 heteroatoms. The van der Waals surface area contributed by atoms with Gasteiger partial charge in [-0.3, -0.25) is 14.4 Å². The van der Waals surface area contributed by atoms with Crippen LogP contribution >= 0.6 is 0 Å². The molecule has 0 aromatic heterocycles. The predicted octanol–water partition coefficient (Wildman–Crippen LogP) is 3.05. The zero-order chi connectivity index (χ0) is 21.3. The number of benzene rings is 2. The van der Waals surface area contributed by atoms with E-state index in [4.69, 9.17) is 4.74 Å². The molecule has 30 heavy (non-hydrogen) atoms. The molecule has 2 amide bonds. The van der Waals surface area contributed by atoms with E-state index in [-0.39, 0.29) is 36.5 Å². The summed E-state index contributed by atoms with van der Waals surface area (Å²) in [5.74, 6) is 0.112. The van der Waals surface area contributed by atoms with Crippen molar-refractivity contribution in [1.29, 1.82) is 0 Å². The van der Waals surface area contributed by atoms with Gasteiger partial charge in [-0.1, -0.05) is 30.3 Å². The smallest absolute Gasteiger partial charge is 0.243 e. The van der Waals surface area contributed by atoms with Crippen LogP contribution < -0.4 is 15.4 Å². The number of hydrogen-bond acceptors (Lipinski definition) is 4. The van der Waals surface area contributed by atoms with Crippen LogP contribution in [0.5, 0.6) is 5.75 Å². The van der Waals surface area contributed by atoms with Gasteiger partial charge in [0.15, 0.2) is 5.78 Å². The second kappa shape index (κ2) is 10.6. The van der Waals surface area contributed by atoms with Crippen molar-refractivity contribution in [2.45, 2.75) is 51.1 Å². The van der Waals surface area contributed by atoms with Gasteiger partial charge in [0.05, 0.1) is 6.61 Å². The molecule has 0 spiro atoms. The van der Waals surface area contributed by atoms with Crippen molar-refractivity contribution in [2.24, 2.45) is 0 Å². The van der Waals surface area contributed by atoms with Crippen LogP contribution in [-0.4, -0.2) is 36.3 Å². The van der Waals surface area contributed by atoms with Gasteiger partial charge in [0, 0.05) is 30.9 Å². The fraction of sp³-hybridized carbons (Fsp3) is 0.375. The molecule has 1 unspecified atom stereocenters. The minimum Gasteiger partial charge on any atom is -0.494 e. The molecule has 0 radical (unpaired) electrons. The van der Waals surface area contributed by atoms with Gasteiger partial charge in [0.1, 0.15) is 11.8 Å². The minimum absolute atomic E-state index is 0.0358. The summed E-state index contributed by atoms with van der Waals surface area (Å²) in [6.07, 6.45) is 2.50. The van der Waals surface area contributed by atoms with Crippen LogP contribution in [-0.2, 0) is 16.0 Å². The molecule has 0 saturated heterocycles. The third kappa shape index (κ3) is 6.72. The molecule has 0 heterocycles. The molecule has 2 N–H and O–H groups in total. The second-order valence-electron chi connectivity index (χ2n) is 7.47. The van der Waals surface area contributed by atoms with Crippen molar-refractivity contribution in [2.75, 3.05) is 6.61 Å². The Kier molecular flexibility index (Phi) is 7.60. The number of hydrogen-bond donors (Lipinski definition) is 2. The summed E-state index contributed by atoms with van der Waals surface area (Å²) in [6.45, 7) is 2.46. The van der Waals surface area contributed by atoms with Crippen LogP contribution in [0.3, 0.4) is 0 Å². The summed E-state index contributed by atoms with van der Waals surface area (Å²) in [5.41, 5.74) is 1.51. The number of ketones is 1. The zero-order valence-electron chi connectivity index (χ0n) is 17.2. The minimum atomic E-state index is -0.652. The van der Waals surface area contributed by atoms with Crippen LogP contribution in [0.2, 0.25) is 0 Å². The standard InChI is InChI=1S/C24H28N2O4/c1-2-30-20-12-8-18(9-13-20)22(27)14-15-23(28)26-21(24(29)25-19-10-11-19)16-17-6-4-3-5-7-17/h3-9,12-13,19,21H,2,10-11,14-16H2,1H3,(H,25,29)(H,26,28). The Morgan fingerprint density at radius 2 is 1.70 bits per heavy atom. The molecule has 2 aromatic rings. The van der Waals surface area contributed by atoms with Gasteiger partial charge in [-0.2, -0.15) is 0 Å². The second-order valence-corrected chi connectivity index (χ2v) is 7.47. The van der Waals surface area contributed by atoms with E-state index in [1.54, 1.807) is 24.3 Å². The Bertz CT molecular complexity index is 861. The van der Waals surface area contributed by atoms with Gasteiger partial charge in [0.2, 0.25) is 11.8 Å². The van der Waals surface area contributed by atoms with Gasteiger partial charge in [-0.25, -0.2) is 0 Å². The third-order valence-electron chi connectivity index (χ3n) is 4.92. The topological polar surface area (TPSA) is 84.5 Å². The highest BCUT2D eigenvalue weighted by molar-refractivity contribution is 5.98. The van der Waals surface area contributed by atoms with Crippen molar-refractivity contribution >= 4 is 17.6 Å². The molecule has 1 aliphatic rings. The van der Waals surface area contributed by atoms with Gasteiger partial charge in [0.25, 0.3) is 0 Å². The van der Waals surface area contributed by atoms with Crippen LogP contribution in [0, 0.1) is 0 Å². The van der Waals surface area contributed by atoms with E-state index in [9.17, 15) is 14.4 Å². The van der Waals surface area contributed by atoms with Crippen LogP contribution in [0.4, 0.5) is 0 Å². The number of nitrogens with one attached hydrogen (secondary N) is 2. The quantitative estimate of drug-likeness (QED) is 0.560. The van der Waals surface area contributed by atoms with Gasteiger partial charge < -0.3 is 15.4 Å². The van der Waals surface area contributed by atoms with Crippen LogP contribution in [0.25, 0.3) is 0 Å². The summed E-state index contributed by atoms with van der Waals surface area (Å²) in [7, 11) is 0. The van der Waals surface area contributed by atoms with E-state index < -0.39 is 6.04 Å². The number of carbonyl (C=O) groups excluding carboxylic acids is 3. The summed E-state index contributed by atoms with van der Waals surface area (Å²) >= 11 is 0. The Balaban J connectivity index is 1.53. The largest absolute Gasteiger partial charge is 0.494 e. The first-order valence-corrected chi connectivity index (χ1v) is 10.4. The molecule has 1 atom stereocenters. The van der Waals surface area contributed by atoms with E-state index in [0.717, 1.165) is 18.4 Å². The highest BCUT2D eigenvalue weighted by Gasteiger charge is 2.28. The lowest BCUT2D eigenvalue weighted by molar-refractivity contribution is -0.129. The number of carbonyl (C=O) groups is 3. The Hall–Kier alpha value is -3.15. The monoisotopic (exact) mass is 408 g/mol. The number of ether oxygens (including phenoxy) is 1. The molecule has 1 aliphatic carbocycles. The molecule has 0 aliphatic heterocycles. The van der Waals surface area contributed by atoms with Gasteiger partial charge in [-0.15, -0.1) is 0 Å². The van der Waals surface area contributed by atoms with E-state index in [2.05, 4.69) is 10.6 Å². The van der Waals surface area contributed by atoms with Crippen molar-refractivity contribution in [3.05, 3.63) is 65.7 Å². The Morgan fingerprint density at radius 3 is 2.33 bits per heavy atom. The number of Topliss-reactive ketones (excluding diaryl/α,β-unsaturated/α-hetero) is 1. The molecular weight excluding hydrogens is 380 g/mol. The van der Waals surface area contributed by atoms with E-state index in [0.29, 0.717) is 24.3 Å². The zero-order valence-corrected chi connectivity index (χ0v) is 17.2.